The third-order valence-corrected chi connectivity index (χ3v) is 11.1. The lowest BCUT2D eigenvalue weighted by atomic mass is 9.85. The second-order valence-corrected chi connectivity index (χ2v) is 13.5. The molecule has 1 aliphatic rings. The molecule has 48 heavy (non-hydrogen) atoms. The van der Waals surface area contributed by atoms with Crippen molar-refractivity contribution in [1.82, 2.24) is 14.5 Å². The summed E-state index contributed by atoms with van der Waals surface area (Å²) < 4.78 is 4.95. The number of rotatable bonds is 3. The first-order valence-corrected chi connectivity index (χ1v) is 17.2. The highest BCUT2D eigenvalue weighted by molar-refractivity contribution is 7.17. The number of thiophene rings is 1. The Morgan fingerprint density at radius 2 is 1.33 bits per heavy atom. The summed E-state index contributed by atoms with van der Waals surface area (Å²) in [7, 11) is 0. The largest absolute Gasteiger partial charge is 0.278 e. The standard InChI is InChI=1S/C44H29N3S/c1-2-38-41(33-19-7-9-24-39(33)48-38)34-26-29-16-11-22-36-40(29)42-31(34)20-12-23-37(42)47(36)44-45-35-21-8-6-18-32(35)43(46-44)30-17-10-15-28(25-30)27-13-4-3-5-14-27/h2-25H,26H2,1H3/b38-2+,41-34+. The van der Waals surface area contributed by atoms with Gasteiger partial charge < -0.3 is 0 Å². The lowest BCUT2D eigenvalue weighted by Gasteiger charge is -2.17. The zero-order valence-corrected chi connectivity index (χ0v) is 27.1. The van der Waals surface area contributed by atoms with Gasteiger partial charge in [-0.3, -0.25) is 4.57 Å². The summed E-state index contributed by atoms with van der Waals surface area (Å²) in [5.41, 5.74) is 11.6. The fourth-order valence-electron chi connectivity index (χ4n) is 7.74. The van der Waals surface area contributed by atoms with E-state index in [0.717, 1.165) is 39.6 Å². The van der Waals surface area contributed by atoms with Crippen LogP contribution in [-0.2, 0) is 6.42 Å². The second kappa shape index (κ2) is 10.6. The number of aromatic nitrogens is 3. The van der Waals surface area contributed by atoms with Gasteiger partial charge in [-0.15, -0.1) is 11.3 Å². The number of benzene rings is 6. The molecule has 0 saturated heterocycles. The second-order valence-electron chi connectivity index (χ2n) is 12.5. The van der Waals surface area contributed by atoms with E-state index in [2.05, 4.69) is 157 Å². The minimum absolute atomic E-state index is 0.690. The van der Waals surface area contributed by atoms with Crippen LogP contribution in [0.4, 0.5) is 0 Å². The van der Waals surface area contributed by atoms with E-state index in [1.165, 1.54) is 58.4 Å². The fourth-order valence-corrected chi connectivity index (χ4v) is 8.86. The van der Waals surface area contributed by atoms with Crippen LogP contribution in [0.15, 0.2) is 140 Å². The van der Waals surface area contributed by atoms with Crippen molar-refractivity contribution < 1.29 is 0 Å². The van der Waals surface area contributed by atoms with E-state index in [0.29, 0.717) is 5.95 Å². The van der Waals surface area contributed by atoms with Gasteiger partial charge in [0.1, 0.15) is 0 Å². The van der Waals surface area contributed by atoms with Gasteiger partial charge in [0.2, 0.25) is 5.95 Å². The molecule has 0 unspecified atom stereocenters. The van der Waals surface area contributed by atoms with Crippen molar-refractivity contribution in [3.63, 3.8) is 0 Å². The third-order valence-electron chi connectivity index (χ3n) is 9.82. The van der Waals surface area contributed by atoms with Gasteiger partial charge in [-0.1, -0.05) is 115 Å². The lowest BCUT2D eigenvalue weighted by Crippen LogP contribution is -2.24. The van der Waals surface area contributed by atoms with Crippen LogP contribution in [0.5, 0.6) is 0 Å². The summed E-state index contributed by atoms with van der Waals surface area (Å²) in [5.74, 6) is 0.690. The number of para-hydroxylation sites is 1. The van der Waals surface area contributed by atoms with Crippen molar-refractivity contribution in [3.05, 3.63) is 160 Å². The molecule has 1 aliphatic carbocycles. The van der Waals surface area contributed by atoms with Crippen LogP contribution in [0.1, 0.15) is 18.1 Å². The summed E-state index contributed by atoms with van der Waals surface area (Å²) >= 11 is 1.88. The Balaban J connectivity index is 1.28. The van der Waals surface area contributed by atoms with Crippen LogP contribution in [0.2, 0.25) is 0 Å². The lowest BCUT2D eigenvalue weighted by molar-refractivity contribution is 1.01. The Morgan fingerprint density at radius 3 is 2.21 bits per heavy atom. The molecule has 0 fully saturated rings. The molecular formula is C44H29N3S. The van der Waals surface area contributed by atoms with E-state index >= 15 is 0 Å². The highest BCUT2D eigenvalue weighted by Crippen LogP contribution is 2.43. The quantitative estimate of drug-likeness (QED) is 0.194. The number of nitrogens with zero attached hydrogens (tertiary/aromatic N) is 3. The Bertz CT molecular complexity index is 2880. The zero-order chi connectivity index (χ0) is 31.8. The highest BCUT2D eigenvalue weighted by Gasteiger charge is 2.26. The molecule has 4 heteroatoms. The molecule has 0 saturated carbocycles. The van der Waals surface area contributed by atoms with Gasteiger partial charge >= 0.3 is 0 Å². The molecule has 10 rings (SSSR count). The minimum atomic E-state index is 0.690. The van der Waals surface area contributed by atoms with Gasteiger partial charge in [0, 0.05) is 41.6 Å². The van der Waals surface area contributed by atoms with Crippen molar-refractivity contribution in [2.75, 3.05) is 0 Å². The average molecular weight is 632 g/mol. The average Bonchev–Trinajstić information content (AvgIpc) is 3.70. The first-order chi connectivity index (χ1) is 23.8. The van der Waals surface area contributed by atoms with Crippen molar-refractivity contribution in [1.29, 1.82) is 0 Å². The van der Waals surface area contributed by atoms with Crippen LogP contribution in [0.25, 0.3) is 82.8 Å². The molecule has 9 aromatic rings. The molecule has 6 aromatic carbocycles. The Kier molecular flexibility index (Phi) is 6.02. The molecule has 0 N–H and O–H groups in total. The van der Waals surface area contributed by atoms with E-state index in [9.17, 15) is 0 Å². The maximum absolute atomic E-state index is 5.41. The first-order valence-electron chi connectivity index (χ1n) is 16.4. The summed E-state index contributed by atoms with van der Waals surface area (Å²) in [4.78, 5) is 10.7. The molecule has 226 valence electrons. The summed E-state index contributed by atoms with van der Waals surface area (Å²) in [6.07, 6.45) is 3.15. The Labute approximate surface area is 281 Å². The molecule has 0 radical (unpaired) electrons. The maximum atomic E-state index is 5.41. The van der Waals surface area contributed by atoms with E-state index in [4.69, 9.17) is 9.97 Å². The molecule has 0 bridgehead atoms. The van der Waals surface area contributed by atoms with E-state index < -0.39 is 0 Å². The smallest absolute Gasteiger partial charge is 0.235 e. The predicted molar refractivity (Wildman–Crippen MR) is 202 cm³/mol. The number of fused-ring (bicyclic) bond motifs is 2. The van der Waals surface area contributed by atoms with E-state index in [-0.39, 0.29) is 0 Å². The maximum Gasteiger partial charge on any atom is 0.235 e. The third kappa shape index (κ3) is 3.99. The van der Waals surface area contributed by atoms with Crippen molar-refractivity contribution >= 4 is 65.8 Å². The van der Waals surface area contributed by atoms with Gasteiger partial charge in [0.25, 0.3) is 0 Å². The van der Waals surface area contributed by atoms with E-state index in [1.807, 2.05) is 11.3 Å². The van der Waals surface area contributed by atoms with Gasteiger partial charge in [0.05, 0.1) is 22.2 Å². The SMILES string of the molecule is C/C=c1/sc2ccccc2/c1=C1/Cc2cccc3c2c2c1cccc2n3-c1nc(-c2cccc(-c3ccccc3)c2)c2ccccc2n1. The van der Waals surface area contributed by atoms with Crippen molar-refractivity contribution in [3.8, 4) is 28.3 Å². The first kappa shape index (κ1) is 27.3. The molecular weight excluding hydrogens is 603 g/mol. The molecule has 0 spiro atoms. The van der Waals surface area contributed by atoms with Gasteiger partial charge in [-0.2, -0.15) is 0 Å². The van der Waals surface area contributed by atoms with Gasteiger partial charge in [0.15, 0.2) is 0 Å². The summed E-state index contributed by atoms with van der Waals surface area (Å²) in [6, 6.07) is 49.9. The Morgan fingerprint density at radius 1 is 0.625 bits per heavy atom. The van der Waals surface area contributed by atoms with Crippen LogP contribution in [0, 0.1) is 0 Å². The number of hydrogen-bond donors (Lipinski definition) is 0. The normalized spacial score (nSPS) is 14.2. The fraction of sp³-hybridized carbons (Fsp3) is 0.0455. The van der Waals surface area contributed by atoms with Crippen LogP contribution >= 0.6 is 11.3 Å². The van der Waals surface area contributed by atoms with Crippen LogP contribution in [-0.4, -0.2) is 14.5 Å². The highest BCUT2D eigenvalue weighted by atomic mass is 32.1. The Hall–Kier alpha value is -5.84. The molecule has 0 amide bonds. The van der Waals surface area contributed by atoms with Gasteiger partial charge in [-0.25, -0.2) is 9.97 Å². The molecule has 3 heterocycles. The summed E-state index contributed by atoms with van der Waals surface area (Å²) in [5, 5.41) is 6.33. The topological polar surface area (TPSA) is 30.7 Å². The van der Waals surface area contributed by atoms with Crippen molar-refractivity contribution in [2.24, 2.45) is 0 Å². The van der Waals surface area contributed by atoms with Gasteiger partial charge in [-0.05, 0) is 71.5 Å². The van der Waals surface area contributed by atoms with Crippen LogP contribution in [0.3, 0.4) is 0 Å². The molecule has 0 atom stereocenters. The minimum Gasteiger partial charge on any atom is -0.278 e. The van der Waals surface area contributed by atoms with Crippen molar-refractivity contribution in [2.45, 2.75) is 13.3 Å². The predicted octanol–water partition coefficient (Wildman–Crippen LogP) is 9.83. The monoisotopic (exact) mass is 631 g/mol. The van der Waals surface area contributed by atoms with Crippen LogP contribution < -0.4 is 9.75 Å². The zero-order valence-electron chi connectivity index (χ0n) is 26.3. The molecule has 3 nitrogen and oxygen atoms in total. The number of hydrogen-bond acceptors (Lipinski definition) is 3. The summed E-state index contributed by atoms with van der Waals surface area (Å²) in [6.45, 7) is 2.16. The molecule has 3 aromatic heterocycles. The van der Waals surface area contributed by atoms with E-state index in [1.54, 1.807) is 0 Å². The molecule has 0 aliphatic heterocycles.